The van der Waals surface area contributed by atoms with Crippen LogP contribution >= 0.6 is 0 Å². The number of nitrogens with zero attached hydrogens (tertiary/aromatic N) is 2. The predicted octanol–water partition coefficient (Wildman–Crippen LogP) is 2.57. The Bertz CT molecular complexity index is 511. The Balaban J connectivity index is 2.52. The molecule has 0 aliphatic carbocycles. The van der Waals surface area contributed by atoms with Gasteiger partial charge in [-0.25, -0.2) is 4.98 Å². The average molecular weight is 230 g/mol. The van der Waals surface area contributed by atoms with E-state index in [2.05, 4.69) is 16.8 Å². The first kappa shape index (κ1) is 11.9. The fourth-order valence-corrected chi connectivity index (χ4v) is 2.04. The second-order valence-electron chi connectivity index (χ2n) is 4.24. The van der Waals surface area contributed by atoms with Crippen LogP contribution in [0.1, 0.15) is 18.9 Å². The van der Waals surface area contributed by atoms with Gasteiger partial charge in [0.25, 0.3) is 0 Å². The van der Waals surface area contributed by atoms with E-state index in [-0.39, 0.29) is 6.61 Å². The van der Waals surface area contributed by atoms with Crippen LogP contribution in [0.2, 0.25) is 0 Å². The molecule has 2 rings (SSSR count). The van der Waals surface area contributed by atoms with Gasteiger partial charge in [-0.2, -0.15) is 0 Å². The molecule has 0 amide bonds. The number of aromatic nitrogens is 1. The number of aliphatic hydroxyl groups excluding tert-OH is 1. The maximum Gasteiger partial charge on any atom is 0.134 e. The van der Waals surface area contributed by atoms with E-state index in [1.807, 2.05) is 37.4 Å². The van der Waals surface area contributed by atoms with Gasteiger partial charge in [-0.1, -0.05) is 25.1 Å². The van der Waals surface area contributed by atoms with Gasteiger partial charge in [-0.15, -0.1) is 0 Å². The van der Waals surface area contributed by atoms with Crippen LogP contribution in [0, 0.1) is 0 Å². The molecule has 0 radical (unpaired) electrons. The third-order valence-corrected chi connectivity index (χ3v) is 2.87. The highest BCUT2D eigenvalue weighted by molar-refractivity contribution is 5.81. The molecule has 90 valence electrons. The van der Waals surface area contributed by atoms with Crippen LogP contribution < -0.4 is 4.90 Å². The summed E-state index contributed by atoms with van der Waals surface area (Å²) in [4.78, 5) is 6.73. The van der Waals surface area contributed by atoms with E-state index >= 15 is 0 Å². The molecule has 0 bridgehead atoms. The molecule has 3 heteroatoms. The molecular weight excluding hydrogens is 212 g/mol. The molecule has 0 atom stereocenters. The van der Waals surface area contributed by atoms with Crippen LogP contribution in [-0.2, 0) is 6.61 Å². The molecule has 0 saturated heterocycles. The largest absolute Gasteiger partial charge is 0.392 e. The van der Waals surface area contributed by atoms with Gasteiger partial charge in [-0.3, -0.25) is 0 Å². The maximum atomic E-state index is 9.43. The topological polar surface area (TPSA) is 36.4 Å². The number of hydrogen-bond donors (Lipinski definition) is 1. The Hall–Kier alpha value is -1.61. The fourth-order valence-electron chi connectivity index (χ4n) is 2.04. The zero-order valence-corrected chi connectivity index (χ0v) is 10.3. The van der Waals surface area contributed by atoms with Gasteiger partial charge in [-0.05, 0) is 18.6 Å². The summed E-state index contributed by atoms with van der Waals surface area (Å²) in [6.45, 7) is 3.11. The molecule has 0 unspecified atom stereocenters. The molecule has 0 spiro atoms. The molecule has 3 nitrogen and oxygen atoms in total. The highest BCUT2D eigenvalue weighted by Crippen LogP contribution is 2.22. The second-order valence-corrected chi connectivity index (χ2v) is 4.24. The first-order valence-electron chi connectivity index (χ1n) is 5.97. The zero-order chi connectivity index (χ0) is 12.3. The molecule has 1 aromatic heterocycles. The van der Waals surface area contributed by atoms with Crippen molar-refractivity contribution in [3.63, 3.8) is 0 Å². The SMILES string of the molecule is CCCN(C)c1nc2ccccc2cc1CO. The molecule has 2 aromatic rings. The van der Waals surface area contributed by atoms with E-state index in [0.717, 1.165) is 35.2 Å². The molecule has 0 aliphatic rings. The van der Waals surface area contributed by atoms with Crippen LogP contribution in [0.3, 0.4) is 0 Å². The van der Waals surface area contributed by atoms with Crippen molar-refractivity contribution in [2.45, 2.75) is 20.0 Å². The average Bonchev–Trinajstić information content (AvgIpc) is 2.37. The van der Waals surface area contributed by atoms with Crippen molar-refractivity contribution < 1.29 is 5.11 Å². The van der Waals surface area contributed by atoms with Gasteiger partial charge in [0.05, 0.1) is 12.1 Å². The number of pyridine rings is 1. The fraction of sp³-hybridized carbons (Fsp3) is 0.357. The number of anilines is 1. The summed E-state index contributed by atoms with van der Waals surface area (Å²) >= 11 is 0. The number of rotatable bonds is 4. The Morgan fingerprint density at radius 3 is 2.76 bits per heavy atom. The lowest BCUT2D eigenvalue weighted by Crippen LogP contribution is -2.20. The highest BCUT2D eigenvalue weighted by atomic mass is 16.3. The van der Waals surface area contributed by atoms with E-state index in [1.165, 1.54) is 0 Å². The van der Waals surface area contributed by atoms with Gasteiger partial charge >= 0.3 is 0 Å². The van der Waals surface area contributed by atoms with Crippen molar-refractivity contribution >= 4 is 16.7 Å². The second kappa shape index (κ2) is 5.15. The number of hydrogen-bond acceptors (Lipinski definition) is 3. The predicted molar refractivity (Wildman–Crippen MR) is 71.2 cm³/mol. The van der Waals surface area contributed by atoms with Gasteiger partial charge in [0, 0.05) is 24.5 Å². The molecule has 1 N–H and O–H groups in total. The van der Waals surface area contributed by atoms with Gasteiger partial charge < -0.3 is 10.0 Å². The van der Waals surface area contributed by atoms with Crippen molar-refractivity contribution in [2.24, 2.45) is 0 Å². The summed E-state index contributed by atoms with van der Waals surface area (Å²) in [6, 6.07) is 10.0. The highest BCUT2D eigenvalue weighted by Gasteiger charge is 2.09. The molecule has 1 heterocycles. The van der Waals surface area contributed by atoms with Crippen molar-refractivity contribution in [1.82, 2.24) is 4.98 Å². The Morgan fingerprint density at radius 1 is 1.29 bits per heavy atom. The lowest BCUT2D eigenvalue weighted by Gasteiger charge is -2.20. The monoisotopic (exact) mass is 230 g/mol. The molecule has 0 saturated carbocycles. The van der Waals surface area contributed by atoms with Crippen molar-refractivity contribution in [2.75, 3.05) is 18.5 Å². The van der Waals surface area contributed by atoms with E-state index < -0.39 is 0 Å². The minimum atomic E-state index is 0.0290. The molecule has 1 aromatic carbocycles. The third kappa shape index (κ3) is 2.39. The van der Waals surface area contributed by atoms with Crippen molar-refractivity contribution in [3.05, 3.63) is 35.9 Å². The molecule has 17 heavy (non-hydrogen) atoms. The van der Waals surface area contributed by atoms with E-state index in [1.54, 1.807) is 0 Å². The van der Waals surface area contributed by atoms with Crippen molar-refractivity contribution in [1.29, 1.82) is 0 Å². The molecule has 0 fully saturated rings. The summed E-state index contributed by atoms with van der Waals surface area (Å²) in [5, 5.41) is 10.5. The quantitative estimate of drug-likeness (QED) is 0.877. The minimum Gasteiger partial charge on any atom is -0.392 e. The van der Waals surface area contributed by atoms with E-state index in [0.29, 0.717) is 0 Å². The van der Waals surface area contributed by atoms with Crippen LogP contribution in [0.5, 0.6) is 0 Å². The third-order valence-electron chi connectivity index (χ3n) is 2.87. The number of fused-ring (bicyclic) bond motifs is 1. The van der Waals surface area contributed by atoms with Crippen LogP contribution in [0.15, 0.2) is 30.3 Å². The van der Waals surface area contributed by atoms with Crippen LogP contribution in [-0.4, -0.2) is 23.7 Å². The number of para-hydroxylation sites is 1. The summed E-state index contributed by atoms with van der Waals surface area (Å²) < 4.78 is 0. The first-order valence-corrected chi connectivity index (χ1v) is 5.97. The van der Waals surface area contributed by atoms with Crippen molar-refractivity contribution in [3.8, 4) is 0 Å². The Labute approximate surface area is 102 Å². The first-order chi connectivity index (χ1) is 8.26. The Morgan fingerprint density at radius 2 is 2.06 bits per heavy atom. The van der Waals surface area contributed by atoms with Crippen LogP contribution in [0.4, 0.5) is 5.82 Å². The van der Waals surface area contributed by atoms with E-state index in [4.69, 9.17) is 0 Å². The summed E-state index contributed by atoms with van der Waals surface area (Å²) in [7, 11) is 2.01. The maximum absolute atomic E-state index is 9.43. The number of benzene rings is 1. The molecular formula is C14H18N2O. The smallest absolute Gasteiger partial charge is 0.134 e. The van der Waals surface area contributed by atoms with Crippen LogP contribution in [0.25, 0.3) is 10.9 Å². The van der Waals surface area contributed by atoms with Gasteiger partial charge in [0.2, 0.25) is 0 Å². The normalized spacial score (nSPS) is 10.8. The van der Waals surface area contributed by atoms with Gasteiger partial charge in [0.15, 0.2) is 0 Å². The lowest BCUT2D eigenvalue weighted by atomic mass is 10.1. The zero-order valence-electron chi connectivity index (χ0n) is 10.3. The minimum absolute atomic E-state index is 0.0290. The standard InChI is InChI=1S/C14H18N2O/c1-3-8-16(2)14-12(10-17)9-11-6-4-5-7-13(11)15-14/h4-7,9,17H,3,8,10H2,1-2H3. The summed E-state index contributed by atoms with van der Waals surface area (Å²) in [5.41, 5.74) is 1.86. The van der Waals surface area contributed by atoms with E-state index in [9.17, 15) is 5.11 Å². The summed E-state index contributed by atoms with van der Waals surface area (Å²) in [5.74, 6) is 0.882. The Kier molecular flexibility index (Phi) is 3.59. The lowest BCUT2D eigenvalue weighted by molar-refractivity contribution is 0.282. The van der Waals surface area contributed by atoms with Gasteiger partial charge in [0.1, 0.15) is 5.82 Å². The molecule has 0 aliphatic heterocycles. The summed E-state index contributed by atoms with van der Waals surface area (Å²) in [6.07, 6.45) is 1.07. The number of aliphatic hydroxyl groups is 1.